The van der Waals surface area contributed by atoms with E-state index in [0.717, 1.165) is 0 Å². The van der Waals surface area contributed by atoms with Crippen molar-refractivity contribution in [2.75, 3.05) is 31.1 Å². The van der Waals surface area contributed by atoms with Gasteiger partial charge in [0.2, 0.25) is 17.5 Å². The van der Waals surface area contributed by atoms with Gasteiger partial charge < -0.3 is 23.7 Å². The summed E-state index contributed by atoms with van der Waals surface area (Å²) in [6.45, 7) is 2.11. The number of hydrogen-bond donors (Lipinski definition) is 1. The number of aliphatic hydroxyl groups excluding tert-OH is 1. The Bertz CT molecular complexity index is 793. The molecule has 0 saturated carbocycles. The zero-order chi connectivity index (χ0) is 17.4. The van der Waals surface area contributed by atoms with Gasteiger partial charge >= 0.3 is 0 Å². The topological polar surface area (TPSA) is 107 Å². The minimum atomic E-state index is -0.378. The molecule has 0 bridgehead atoms. The van der Waals surface area contributed by atoms with Crippen LogP contribution in [0.3, 0.4) is 0 Å². The maximum atomic E-state index is 12.3. The van der Waals surface area contributed by atoms with Gasteiger partial charge in [0, 0.05) is 32.1 Å². The number of β-amino-alcohol motifs (C(OH)–C–C–N with tert-alkyl or cyclic N) is 1. The lowest BCUT2D eigenvalue weighted by Gasteiger charge is -2.40. The molecule has 1 N–H and O–H groups in total. The van der Waals surface area contributed by atoms with Crippen molar-refractivity contribution in [1.82, 2.24) is 9.88 Å². The lowest BCUT2D eigenvalue weighted by Crippen LogP contribution is -2.56. The summed E-state index contributed by atoms with van der Waals surface area (Å²) in [5.74, 6) is 1.26. The van der Waals surface area contributed by atoms with Gasteiger partial charge in [-0.3, -0.25) is 4.79 Å². The first-order valence-electron chi connectivity index (χ1n) is 8.32. The van der Waals surface area contributed by atoms with Gasteiger partial charge in [0.25, 0.3) is 5.89 Å². The van der Waals surface area contributed by atoms with E-state index < -0.39 is 0 Å². The van der Waals surface area contributed by atoms with Crippen molar-refractivity contribution in [2.45, 2.75) is 18.9 Å². The summed E-state index contributed by atoms with van der Waals surface area (Å²) in [5.41, 5.74) is 0.224. The predicted octanol–water partition coefficient (Wildman–Crippen LogP) is 1.23. The monoisotopic (exact) mass is 342 g/mol. The van der Waals surface area contributed by atoms with E-state index in [-0.39, 0.29) is 29.5 Å². The number of nitriles is 1. The Morgan fingerprint density at radius 3 is 2.72 bits per heavy atom. The maximum absolute atomic E-state index is 12.3. The standard InChI is InChI=1S/C17H18N4O4/c18-8-13-17(25-15(19-13)14-2-1-7-24-14)20-5-3-11(4-6-20)16(23)21-9-12(22)10-21/h1-2,7,11-12,22H,3-6,9-10H2. The fourth-order valence-corrected chi connectivity index (χ4v) is 3.33. The second-order valence-electron chi connectivity index (χ2n) is 6.42. The second kappa shape index (κ2) is 6.26. The van der Waals surface area contributed by atoms with E-state index >= 15 is 0 Å². The molecule has 2 aromatic heterocycles. The molecule has 0 unspecified atom stereocenters. The highest BCUT2D eigenvalue weighted by atomic mass is 16.4. The average molecular weight is 342 g/mol. The molecule has 0 aliphatic carbocycles. The third-order valence-electron chi connectivity index (χ3n) is 4.75. The number of likely N-dealkylation sites (tertiary alicyclic amines) is 1. The van der Waals surface area contributed by atoms with Gasteiger partial charge in [-0.25, -0.2) is 0 Å². The SMILES string of the molecule is N#Cc1nc(-c2ccco2)oc1N1CCC(C(=O)N2CC(O)C2)CC1. The summed E-state index contributed by atoms with van der Waals surface area (Å²) in [5, 5.41) is 18.7. The summed E-state index contributed by atoms with van der Waals surface area (Å²) < 4.78 is 11.0. The predicted molar refractivity (Wildman–Crippen MR) is 86.4 cm³/mol. The van der Waals surface area contributed by atoms with Gasteiger partial charge in [0.05, 0.1) is 12.4 Å². The van der Waals surface area contributed by atoms with Crippen LogP contribution in [0.1, 0.15) is 18.5 Å². The molecular weight excluding hydrogens is 324 g/mol. The highest BCUT2D eigenvalue weighted by molar-refractivity contribution is 5.80. The molecule has 0 radical (unpaired) electrons. The molecule has 4 rings (SSSR count). The number of aromatic nitrogens is 1. The van der Waals surface area contributed by atoms with E-state index in [0.29, 0.717) is 50.7 Å². The molecule has 8 heteroatoms. The number of furan rings is 1. The van der Waals surface area contributed by atoms with E-state index in [4.69, 9.17) is 8.83 Å². The van der Waals surface area contributed by atoms with Crippen LogP contribution in [-0.4, -0.2) is 53.2 Å². The van der Waals surface area contributed by atoms with Crippen LogP contribution in [0.15, 0.2) is 27.2 Å². The number of rotatable bonds is 3. The Balaban J connectivity index is 1.44. The van der Waals surface area contributed by atoms with Crippen molar-refractivity contribution < 1.29 is 18.7 Å². The van der Waals surface area contributed by atoms with Crippen LogP contribution in [-0.2, 0) is 4.79 Å². The molecule has 2 fully saturated rings. The Kier molecular flexibility index (Phi) is 3.93. The molecule has 2 aliphatic rings. The second-order valence-corrected chi connectivity index (χ2v) is 6.42. The van der Waals surface area contributed by atoms with E-state index in [1.807, 2.05) is 4.90 Å². The van der Waals surface area contributed by atoms with Crippen molar-refractivity contribution in [3.05, 3.63) is 24.1 Å². The normalized spacial score (nSPS) is 18.9. The molecule has 2 saturated heterocycles. The number of carbonyl (C=O) groups is 1. The van der Waals surface area contributed by atoms with Crippen molar-refractivity contribution in [2.24, 2.45) is 5.92 Å². The Morgan fingerprint density at radius 2 is 2.12 bits per heavy atom. The van der Waals surface area contributed by atoms with Gasteiger partial charge in [-0.15, -0.1) is 0 Å². The molecule has 2 aliphatic heterocycles. The summed E-state index contributed by atoms with van der Waals surface area (Å²) in [4.78, 5) is 20.2. The van der Waals surface area contributed by atoms with Gasteiger partial charge in [-0.2, -0.15) is 10.2 Å². The van der Waals surface area contributed by atoms with Gasteiger partial charge in [0.1, 0.15) is 6.07 Å². The Labute approximate surface area is 144 Å². The number of amides is 1. The quantitative estimate of drug-likeness (QED) is 0.894. The zero-order valence-corrected chi connectivity index (χ0v) is 13.6. The van der Waals surface area contributed by atoms with Crippen LogP contribution in [0.4, 0.5) is 5.88 Å². The number of anilines is 1. The first-order valence-corrected chi connectivity index (χ1v) is 8.32. The number of carbonyl (C=O) groups excluding carboxylic acids is 1. The fourth-order valence-electron chi connectivity index (χ4n) is 3.33. The summed E-state index contributed by atoms with van der Waals surface area (Å²) in [6, 6.07) is 5.52. The fraction of sp³-hybridized carbons (Fsp3) is 0.471. The lowest BCUT2D eigenvalue weighted by molar-refractivity contribution is -0.146. The molecule has 0 spiro atoms. The van der Waals surface area contributed by atoms with Crippen LogP contribution in [0, 0.1) is 17.2 Å². The van der Waals surface area contributed by atoms with Gasteiger partial charge in [0.15, 0.2) is 5.76 Å². The van der Waals surface area contributed by atoms with Gasteiger partial charge in [-0.1, -0.05) is 0 Å². The molecule has 25 heavy (non-hydrogen) atoms. The molecule has 4 heterocycles. The number of nitrogens with zero attached hydrogens (tertiary/aromatic N) is 4. The molecule has 130 valence electrons. The van der Waals surface area contributed by atoms with Crippen LogP contribution in [0.2, 0.25) is 0 Å². The number of hydrogen-bond acceptors (Lipinski definition) is 7. The van der Waals surface area contributed by atoms with Crippen LogP contribution in [0.5, 0.6) is 0 Å². The summed E-state index contributed by atoms with van der Waals surface area (Å²) >= 11 is 0. The molecular formula is C17H18N4O4. The summed E-state index contributed by atoms with van der Waals surface area (Å²) in [7, 11) is 0. The zero-order valence-electron chi connectivity index (χ0n) is 13.6. The average Bonchev–Trinajstić information content (AvgIpc) is 3.27. The van der Waals surface area contributed by atoms with Crippen molar-refractivity contribution in [1.29, 1.82) is 5.26 Å². The minimum absolute atomic E-state index is 0.0400. The van der Waals surface area contributed by atoms with Crippen molar-refractivity contribution in [3.63, 3.8) is 0 Å². The van der Waals surface area contributed by atoms with E-state index in [2.05, 4.69) is 11.1 Å². The number of oxazole rings is 1. The first-order chi connectivity index (χ1) is 12.2. The van der Waals surface area contributed by atoms with E-state index in [1.54, 1.807) is 17.0 Å². The molecule has 2 aromatic rings. The Morgan fingerprint density at radius 1 is 1.36 bits per heavy atom. The van der Waals surface area contributed by atoms with Crippen LogP contribution in [0.25, 0.3) is 11.7 Å². The summed E-state index contributed by atoms with van der Waals surface area (Å²) in [6.07, 6.45) is 2.52. The lowest BCUT2D eigenvalue weighted by atomic mass is 9.93. The highest BCUT2D eigenvalue weighted by Crippen LogP contribution is 2.32. The van der Waals surface area contributed by atoms with Gasteiger partial charge in [-0.05, 0) is 25.0 Å². The first kappa shape index (κ1) is 15.7. The number of aliphatic hydroxyl groups is 1. The number of piperidine rings is 1. The van der Waals surface area contributed by atoms with E-state index in [1.165, 1.54) is 6.26 Å². The third kappa shape index (κ3) is 2.87. The minimum Gasteiger partial charge on any atom is -0.459 e. The maximum Gasteiger partial charge on any atom is 0.266 e. The molecule has 0 aromatic carbocycles. The third-order valence-corrected chi connectivity index (χ3v) is 4.75. The Hall–Kier alpha value is -2.79. The van der Waals surface area contributed by atoms with Crippen molar-refractivity contribution >= 4 is 11.8 Å². The smallest absolute Gasteiger partial charge is 0.266 e. The largest absolute Gasteiger partial charge is 0.459 e. The molecule has 0 atom stereocenters. The van der Waals surface area contributed by atoms with Crippen LogP contribution < -0.4 is 4.90 Å². The van der Waals surface area contributed by atoms with Crippen LogP contribution >= 0.6 is 0 Å². The van der Waals surface area contributed by atoms with Crippen molar-refractivity contribution in [3.8, 4) is 17.7 Å². The highest BCUT2D eigenvalue weighted by Gasteiger charge is 2.36. The molecule has 8 nitrogen and oxygen atoms in total. The molecule has 1 amide bonds. The van der Waals surface area contributed by atoms with E-state index in [9.17, 15) is 15.2 Å².